The second-order valence-electron chi connectivity index (χ2n) is 5.02. The van der Waals surface area contributed by atoms with E-state index in [0.29, 0.717) is 23.5 Å². The summed E-state index contributed by atoms with van der Waals surface area (Å²) < 4.78 is 5.44. The first-order valence-electron chi connectivity index (χ1n) is 6.52. The number of anilines is 1. The van der Waals surface area contributed by atoms with Crippen LogP contribution in [0.1, 0.15) is 17.3 Å². The van der Waals surface area contributed by atoms with E-state index in [-0.39, 0.29) is 11.8 Å². The number of ether oxygens (including phenoxy) is 1. The predicted octanol–water partition coefficient (Wildman–Crippen LogP) is 0.697. The summed E-state index contributed by atoms with van der Waals surface area (Å²) >= 11 is 0. The molecule has 1 aliphatic heterocycles. The minimum Gasteiger partial charge on any atom is -0.479 e. The summed E-state index contributed by atoms with van der Waals surface area (Å²) in [7, 11) is 3.89. The highest BCUT2D eigenvalue weighted by Crippen LogP contribution is 2.30. The Morgan fingerprint density at radius 1 is 1.45 bits per heavy atom. The Labute approximate surface area is 118 Å². The van der Waals surface area contributed by atoms with Gasteiger partial charge in [-0.3, -0.25) is 9.59 Å². The van der Waals surface area contributed by atoms with E-state index in [1.165, 1.54) is 0 Å². The molecule has 0 fully saturated rings. The van der Waals surface area contributed by atoms with Crippen molar-refractivity contribution in [2.24, 2.45) is 0 Å². The van der Waals surface area contributed by atoms with Crippen LogP contribution in [0, 0.1) is 0 Å². The third-order valence-corrected chi connectivity index (χ3v) is 3.02. The number of amides is 2. The highest BCUT2D eigenvalue weighted by Gasteiger charge is 2.24. The smallest absolute Gasteiger partial charge is 0.265 e. The second kappa shape index (κ2) is 5.92. The molecule has 0 spiro atoms. The topological polar surface area (TPSA) is 70.7 Å². The van der Waals surface area contributed by atoms with Crippen molar-refractivity contribution >= 4 is 17.5 Å². The Balaban J connectivity index is 2.05. The number of hydrogen-bond acceptors (Lipinski definition) is 4. The zero-order valence-corrected chi connectivity index (χ0v) is 11.9. The van der Waals surface area contributed by atoms with E-state index in [0.717, 1.165) is 6.54 Å². The van der Waals surface area contributed by atoms with Gasteiger partial charge in [-0.05, 0) is 39.2 Å². The molecule has 20 heavy (non-hydrogen) atoms. The Morgan fingerprint density at radius 3 is 2.90 bits per heavy atom. The summed E-state index contributed by atoms with van der Waals surface area (Å²) in [5.74, 6) is 0.215. The molecular formula is C14H19N3O3. The number of hydrogen-bond donors (Lipinski definition) is 2. The van der Waals surface area contributed by atoms with E-state index in [2.05, 4.69) is 10.6 Å². The maximum atomic E-state index is 12.0. The average Bonchev–Trinajstić information content (AvgIpc) is 2.39. The van der Waals surface area contributed by atoms with Crippen molar-refractivity contribution in [3.63, 3.8) is 0 Å². The maximum absolute atomic E-state index is 12.0. The van der Waals surface area contributed by atoms with E-state index < -0.39 is 6.10 Å². The van der Waals surface area contributed by atoms with E-state index in [1.807, 2.05) is 19.0 Å². The van der Waals surface area contributed by atoms with Gasteiger partial charge in [-0.25, -0.2) is 0 Å². The highest BCUT2D eigenvalue weighted by molar-refractivity contribution is 6.00. The van der Waals surface area contributed by atoms with Gasteiger partial charge in [0.1, 0.15) is 5.75 Å². The molecule has 0 aliphatic carbocycles. The molecule has 0 saturated heterocycles. The van der Waals surface area contributed by atoms with Crippen molar-refractivity contribution < 1.29 is 14.3 Å². The Kier molecular flexibility index (Phi) is 4.24. The van der Waals surface area contributed by atoms with Gasteiger partial charge in [0.15, 0.2) is 6.10 Å². The van der Waals surface area contributed by atoms with Gasteiger partial charge in [-0.15, -0.1) is 0 Å². The monoisotopic (exact) mass is 277 g/mol. The zero-order chi connectivity index (χ0) is 14.7. The predicted molar refractivity (Wildman–Crippen MR) is 76.0 cm³/mol. The van der Waals surface area contributed by atoms with Gasteiger partial charge < -0.3 is 20.3 Å². The van der Waals surface area contributed by atoms with E-state index in [4.69, 9.17) is 4.74 Å². The lowest BCUT2D eigenvalue weighted by Crippen LogP contribution is -2.35. The average molecular weight is 277 g/mol. The number of nitrogens with zero attached hydrogens (tertiary/aromatic N) is 1. The molecule has 6 nitrogen and oxygen atoms in total. The Bertz CT molecular complexity index is 528. The fourth-order valence-corrected chi connectivity index (χ4v) is 1.85. The number of rotatable bonds is 4. The number of carbonyl (C=O) groups is 2. The lowest BCUT2D eigenvalue weighted by molar-refractivity contribution is -0.122. The molecule has 1 aromatic carbocycles. The highest BCUT2D eigenvalue weighted by atomic mass is 16.5. The lowest BCUT2D eigenvalue weighted by Gasteiger charge is -2.23. The van der Waals surface area contributed by atoms with Gasteiger partial charge >= 0.3 is 0 Å². The van der Waals surface area contributed by atoms with Crippen LogP contribution in [0.3, 0.4) is 0 Å². The molecular weight excluding hydrogens is 258 g/mol. The minimum atomic E-state index is -0.512. The van der Waals surface area contributed by atoms with Crippen LogP contribution in [-0.2, 0) is 4.79 Å². The summed E-state index contributed by atoms with van der Waals surface area (Å²) in [6.07, 6.45) is -0.512. The van der Waals surface area contributed by atoms with Crippen molar-refractivity contribution in [3.8, 4) is 5.75 Å². The van der Waals surface area contributed by atoms with E-state index in [9.17, 15) is 9.59 Å². The number of fused-ring (bicyclic) bond motifs is 1. The fraction of sp³-hybridized carbons (Fsp3) is 0.429. The third kappa shape index (κ3) is 3.27. The van der Waals surface area contributed by atoms with Gasteiger partial charge in [-0.1, -0.05) is 0 Å². The summed E-state index contributed by atoms with van der Waals surface area (Å²) in [5.41, 5.74) is 1.04. The van der Waals surface area contributed by atoms with Gasteiger partial charge in [0.05, 0.1) is 5.69 Å². The standard InChI is InChI=1S/C14H19N3O3/c1-9-13(18)16-11-8-10(4-5-12(11)20-9)14(19)15-6-7-17(2)3/h4-5,8-9H,6-7H2,1-3H3,(H,15,19)(H,16,18). The van der Waals surface area contributed by atoms with Gasteiger partial charge in [0.25, 0.3) is 11.8 Å². The molecule has 1 atom stereocenters. The maximum Gasteiger partial charge on any atom is 0.265 e. The largest absolute Gasteiger partial charge is 0.479 e. The molecule has 1 heterocycles. The Morgan fingerprint density at radius 2 is 2.20 bits per heavy atom. The third-order valence-electron chi connectivity index (χ3n) is 3.02. The van der Waals surface area contributed by atoms with Crippen LogP contribution >= 0.6 is 0 Å². The van der Waals surface area contributed by atoms with E-state index in [1.54, 1.807) is 25.1 Å². The van der Waals surface area contributed by atoms with Crippen LogP contribution < -0.4 is 15.4 Å². The number of benzene rings is 1. The molecule has 1 aliphatic rings. The normalized spacial score (nSPS) is 17.2. The molecule has 1 aromatic rings. The SMILES string of the molecule is CC1Oc2ccc(C(=O)NCCN(C)C)cc2NC1=O. The van der Waals surface area contributed by atoms with Crippen LogP contribution in [0.4, 0.5) is 5.69 Å². The van der Waals surface area contributed by atoms with Crippen molar-refractivity contribution in [2.75, 3.05) is 32.5 Å². The van der Waals surface area contributed by atoms with Crippen molar-refractivity contribution in [1.29, 1.82) is 0 Å². The molecule has 2 N–H and O–H groups in total. The first-order chi connectivity index (χ1) is 9.47. The zero-order valence-electron chi connectivity index (χ0n) is 11.9. The Hall–Kier alpha value is -2.08. The van der Waals surface area contributed by atoms with Crippen LogP contribution in [0.2, 0.25) is 0 Å². The van der Waals surface area contributed by atoms with Crippen LogP contribution in [-0.4, -0.2) is 50.0 Å². The molecule has 2 rings (SSSR count). The van der Waals surface area contributed by atoms with Crippen LogP contribution in [0.5, 0.6) is 5.75 Å². The second-order valence-corrected chi connectivity index (χ2v) is 5.02. The van der Waals surface area contributed by atoms with Gasteiger partial charge in [0.2, 0.25) is 0 Å². The summed E-state index contributed by atoms with van der Waals surface area (Å²) in [4.78, 5) is 25.5. The van der Waals surface area contributed by atoms with Crippen molar-refractivity contribution in [3.05, 3.63) is 23.8 Å². The summed E-state index contributed by atoms with van der Waals surface area (Å²) in [6.45, 7) is 3.02. The quantitative estimate of drug-likeness (QED) is 0.850. The number of nitrogens with one attached hydrogen (secondary N) is 2. The molecule has 2 amide bonds. The number of carbonyl (C=O) groups excluding carboxylic acids is 2. The first-order valence-corrected chi connectivity index (χ1v) is 6.52. The number of likely N-dealkylation sites (N-methyl/N-ethyl adjacent to an activating group) is 1. The fourth-order valence-electron chi connectivity index (χ4n) is 1.85. The summed E-state index contributed by atoms with van der Waals surface area (Å²) in [6, 6.07) is 5.02. The molecule has 0 bridgehead atoms. The molecule has 6 heteroatoms. The molecule has 0 saturated carbocycles. The van der Waals surface area contributed by atoms with Gasteiger partial charge in [0, 0.05) is 18.7 Å². The minimum absolute atomic E-state index is 0.164. The van der Waals surface area contributed by atoms with Crippen LogP contribution in [0.25, 0.3) is 0 Å². The molecule has 0 aromatic heterocycles. The molecule has 108 valence electrons. The van der Waals surface area contributed by atoms with E-state index >= 15 is 0 Å². The molecule has 0 radical (unpaired) electrons. The summed E-state index contributed by atoms with van der Waals surface area (Å²) in [5, 5.41) is 5.55. The van der Waals surface area contributed by atoms with Crippen molar-refractivity contribution in [1.82, 2.24) is 10.2 Å². The van der Waals surface area contributed by atoms with Crippen LogP contribution in [0.15, 0.2) is 18.2 Å². The lowest BCUT2D eigenvalue weighted by atomic mass is 10.1. The van der Waals surface area contributed by atoms with Gasteiger partial charge in [-0.2, -0.15) is 0 Å². The molecule has 1 unspecified atom stereocenters. The first kappa shape index (κ1) is 14.3. The van der Waals surface area contributed by atoms with Crippen molar-refractivity contribution in [2.45, 2.75) is 13.0 Å².